The van der Waals surface area contributed by atoms with Crippen molar-refractivity contribution in [2.45, 2.75) is 25.6 Å². The molecule has 1 aliphatic heterocycles. The van der Waals surface area contributed by atoms with Crippen molar-refractivity contribution in [1.82, 2.24) is 29.5 Å². The monoisotopic (exact) mass is 454 g/mol. The summed E-state index contributed by atoms with van der Waals surface area (Å²) in [5, 5.41) is 0.229. The van der Waals surface area contributed by atoms with Crippen LogP contribution in [-0.4, -0.2) is 55.8 Å². The van der Waals surface area contributed by atoms with Crippen LogP contribution in [0.25, 0.3) is 22.6 Å². The standard InChI is InChI=1S/C18H18ClF3N8O/c19-16-25-11-14(29-3-5-31-6-4-29)27-13(28-15(11)30(16)8-9-1-2-9)10-7-24-17(23)26-12(10)18(20,21)22/h7,9H,1-6,8H2,(H2,23,24,26). The van der Waals surface area contributed by atoms with Crippen molar-refractivity contribution < 1.29 is 17.9 Å². The average molecular weight is 455 g/mol. The zero-order chi connectivity index (χ0) is 21.8. The number of nitrogens with zero attached hydrogens (tertiary/aromatic N) is 7. The van der Waals surface area contributed by atoms with E-state index in [9.17, 15) is 13.2 Å². The Hall–Kier alpha value is -2.73. The lowest BCUT2D eigenvalue weighted by atomic mass is 10.2. The molecular weight excluding hydrogens is 437 g/mol. The van der Waals surface area contributed by atoms with E-state index in [0.29, 0.717) is 55.7 Å². The maximum absolute atomic E-state index is 13.7. The van der Waals surface area contributed by atoms with Crippen molar-refractivity contribution in [2.75, 3.05) is 36.9 Å². The molecule has 0 unspecified atom stereocenters. The lowest BCUT2D eigenvalue weighted by Gasteiger charge is -2.28. The molecule has 0 amide bonds. The van der Waals surface area contributed by atoms with Crippen molar-refractivity contribution in [1.29, 1.82) is 0 Å². The van der Waals surface area contributed by atoms with Gasteiger partial charge in [0, 0.05) is 25.8 Å². The Kier molecular flexibility index (Phi) is 4.85. The topological polar surface area (TPSA) is 108 Å². The first-order chi connectivity index (χ1) is 14.8. The van der Waals surface area contributed by atoms with Crippen LogP contribution in [0.5, 0.6) is 0 Å². The lowest BCUT2D eigenvalue weighted by Crippen LogP contribution is -2.37. The first kappa shape index (κ1) is 20.2. The number of nitrogens with two attached hydrogens (primary N) is 1. The minimum Gasteiger partial charge on any atom is -0.378 e. The highest BCUT2D eigenvalue weighted by Gasteiger charge is 2.38. The molecule has 164 valence electrons. The molecule has 3 aromatic rings. The number of morpholine rings is 1. The van der Waals surface area contributed by atoms with Gasteiger partial charge in [-0.25, -0.2) is 24.9 Å². The van der Waals surface area contributed by atoms with E-state index in [1.165, 1.54) is 0 Å². The highest BCUT2D eigenvalue weighted by Crippen LogP contribution is 2.38. The van der Waals surface area contributed by atoms with E-state index in [1.54, 1.807) is 4.57 Å². The minimum absolute atomic E-state index is 0.157. The zero-order valence-electron chi connectivity index (χ0n) is 16.2. The maximum atomic E-state index is 13.7. The molecule has 1 aliphatic carbocycles. The molecule has 5 rings (SSSR count). The zero-order valence-corrected chi connectivity index (χ0v) is 17.0. The van der Waals surface area contributed by atoms with Gasteiger partial charge >= 0.3 is 6.18 Å². The van der Waals surface area contributed by atoms with Crippen LogP contribution in [0.4, 0.5) is 24.9 Å². The van der Waals surface area contributed by atoms with Crippen LogP contribution >= 0.6 is 11.6 Å². The first-order valence-corrected chi connectivity index (χ1v) is 10.2. The van der Waals surface area contributed by atoms with Gasteiger partial charge in [0.2, 0.25) is 11.2 Å². The largest absolute Gasteiger partial charge is 0.434 e. The summed E-state index contributed by atoms with van der Waals surface area (Å²) in [5.74, 6) is 0.220. The normalized spacial score (nSPS) is 17.5. The van der Waals surface area contributed by atoms with Crippen molar-refractivity contribution in [3.05, 3.63) is 17.2 Å². The molecule has 2 aliphatic rings. The van der Waals surface area contributed by atoms with Gasteiger partial charge in [0.05, 0.1) is 18.8 Å². The number of imidazole rings is 1. The molecule has 0 atom stereocenters. The van der Waals surface area contributed by atoms with Crippen molar-refractivity contribution in [3.8, 4) is 11.4 Å². The molecular formula is C18H18ClF3N8O. The number of ether oxygens (including phenoxy) is 1. The van der Waals surface area contributed by atoms with Crippen LogP contribution in [0, 0.1) is 5.92 Å². The molecule has 4 heterocycles. The van der Waals surface area contributed by atoms with E-state index in [2.05, 4.69) is 24.9 Å². The van der Waals surface area contributed by atoms with Gasteiger partial charge in [-0.1, -0.05) is 0 Å². The highest BCUT2D eigenvalue weighted by molar-refractivity contribution is 6.29. The summed E-state index contributed by atoms with van der Waals surface area (Å²) in [6.07, 6.45) is -1.63. The van der Waals surface area contributed by atoms with Crippen molar-refractivity contribution in [2.24, 2.45) is 5.92 Å². The van der Waals surface area contributed by atoms with Gasteiger partial charge in [0.1, 0.15) is 0 Å². The summed E-state index contributed by atoms with van der Waals surface area (Å²) in [4.78, 5) is 22.4. The summed E-state index contributed by atoms with van der Waals surface area (Å²) in [5.41, 5.74) is 4.70. The van der Waals surface area contributed by atoms with E-state index in [-0.39, 0.29) is 16.7 Å². The SMILES string of the molecule is Nc1ncc(-c2nc(N3CCOCC3)c3nc(Cl)n(CC4CC4)c3n2)c(C(F)(F)F)n1. The molecule has 0 spiro atoms. The fourth-order valence-corrected chi connectivity index (χ4v) is 3.80. The van der Waals surface area contributed by atoms with Gasteiger partial charge in [0.15, 0.2) is 28.5 Å². The smallest absolute Gasteiger partial charge is 0.378 e. The number of hydrogen-bond acceptors (Lipinski definition) is 8. The third kappa shape index (κ3) is 3.85. The molecule has 0 aromatic carbocycles. The first-order valence-electron chi connectivity index (χ1n) is 9.78. The second-order valence-corrected chi connectivity index (χ2v) is 7.90. The Labute approximate surface area is 179 Å². The van der Waals surface area contributed by atoms with Crippen LogP contribution in [0.3, 0.4) is 0 Å². The quantitative estimate of drug-likeness (QED) is 0.599. The summed E-state index contributed by atoms with van der Waals surface area (Å²) in [6.45, 7) is 2.57. The number of hydrogen-bond donors (Lipinski definition) is 1. The molecule has 0 bridgehead atoms. The van der Waals surface area contributed by atoms with Gasteiger partial charge in [-0.3, -0.25) is 4.57 Å². The fourth-order valence-electron chi connectivity index (χ4n) is 3.57. The van der Waals surface area contributed by atoms with E-state index in [4.69, 9.17) is 22.1 Å². The Balaban J connectivity index is 1.74. The highest BCUT2D eigenvalue weighted by atomic mass is 35.5. The van der Waals surface area contributed by atoms with Gasteiger partial charge in [-0.05, 0) is 30.4 Å². The summed E-state index contributed by atoms with van der Waals surface area (Å²) in [7, 11) is 0. The van der Waals surface area contributed by atoms with Crippen LogP contribution in [0.1, 0.15) is 18.5 Å². The molecule has 31 heavy (non-hydrogen) atoms. The van der Waals surface area contributed by atoms with E-state index >= 15 is 0 Å². The number of anilines is 2. The van der Waals surface area contributed by atoms with E-state index in [1.807, 2.05) is 4.90 Å². The van der Waals surface area contributed by atoms with E-state index < -0.39 is 17.8 Å². The molecule has 9 nitrogen and oxygen atoms in total. The van der Waals surface area contributed by atoms with Crippen LogP contribution in [0.2, 0.25) is 5.28 Å². The van der Waals surface area contributed by atoms with Gasteiger partial charge in [0.25, 0.3) is 0 Å². The number of fused-ring (bicyclic) bond motifs is 1. The number of aromatic nitrogens is 6. The second-order valence-electron chi connectivity index (χ2n) is 7.57. The molecule has 2 N–H and O–H groups in total. The molecule has 3 aromatic heterocycles. The Bertz CT molecular complexity index is 1140. The van der Waals surface area contributed by atoms with E-state index in [0.717, 1.165) is 19.0 Å². The molecule has 13 heteroatoms. The molecule has 2 fully saturated rings. The third-order valence-electron chi connectivity index (χ3n) is 5.29. The van der Waals surface area contributed by atoms with Gasteiger partial charge in [-0.15, -0.1) is 0 Å². The molecule has 1 saturated carbocycles. The third-order valence-corrected chi connectivity index (χ3v) is 5.58. The van der Waals surface area contributed by atoms with Crippen molar-refractivity contribution >= 4 is 34.5 Å². The van der Waals surface area contributed by atoms with Crippen LogP contribution in [-0.2, 0) is 17.5 Å². The Morgan fingerprint density at radius 2 is 1.87 bits per heavy atom. The van der Waals surface area contributed by atoms with Gasteiger partial charge < -0.3 is 15.4 Å². The average Bonchev–Trinajstić information content (AvgIpc) is 3.51. The van der Waals surface area contributed by atoms with Crippen LogP contribution in [0.15, 0.2) is 6.20 Å². The number of nitrogen functional groups attached to an aromatic ring is 1. The summed E-state index contributed by atoms with van der Waals surface area (Å²) >= 11 is 6.39. The number of rotatable bonds is 4. The molecule has 1 saturated heterocycles. The van der Waals surface area contributed by atoms with Crippen molar-refractivity contribution in [3.63, 3.8) is 0 Å². The Morgan fingerprint density at radius 1 is 1.13 bits per heavy atom. The van der Waals surface area contributed by atoms with Gasteiger partial charge in [-0.2, -0.15) is 13.2 Å². The number of halogens is 4. The maximum Gasteiger partial charge on any atom is 0.434 e. The molecule has 0 radical (unpaired) electrons. The van der Waals surface area contributed by atoms with Crippen LogP contribution < -0.4 is 10.6 Å². The Morgan fingerprint density at radius 3 is 2.55 bits per heavy atom. The minimum atomic E-state index is -4.75. The summed E-state index contributed by atoms with van der Waals surface area (Å²) in [6, 6.07) is 0. The fraction of sp³-hybridized carbons (Fsp3) is 0.500. The summed E-state index contributed by atoms with van der Waals surface area (Å²) < 4.78 is 48.2. The number of alkyl halides is 3. The lowest BCUT2D eigenvalue weighted by molar-refractivity contribution is -0.140. The predicted molar refractivity (Wildman–Crippen MR) is 107 cm³/mol. The second kappa shape index (κ2) is 7.45. The predicted octanol–water partition coefficient (Wildman–Crippen LogP) is 2.78.